The first-order chi connectivity index (χ1) is 9.20. The highest BCUT2D eigenvalue weighted by Crippen LogP contribution is 2.35. The number of nitrogens with two attached hydrogens (primary N) is 2. The van der Waals surface area contributed by atoms with E-state index >= 15 is 0 Å². The van der Waals surface area contributed by atoms with Gasteiger partial charge >= 0.3 is 0 Å². The number of methoxy groups -OCH3 is 1. The second-order valence-corrected chi connectivity index (χ2v) is 4.71. The molecule has 1 aromatic rings. The number of ether oxygens (including phenoxy) is 2. The summed E-state index contributed by atoms with van der Waals surface area (Å²) in [6.45, 7) is 0.404. The van der Waals surface area contributed by atoms with E-state index in [4.69, 9.17) is 20.9 Å². The van der Waals surface area contributed by atoms with Gasteiger partial charge in [-0.1, -0.05) is 12.1 Å². The molecule has 0 saturated heterocycles. The van der Waals surface area contributed by atoms with Crippen molar-refractivity contribution in [3.05, 3.63) is 23.8 Å². The number of rotatable bonds is 5. The van der Waals surface area contributed by atoms with Crippen LogP contribution in [-0.4, -0.2) is 19.2 Å². The molecule has 1 saturated carbocycles. The van der Waals surface area contributed by atoms with Crippen molar-refractivity contribution in [2.24, 2.45) is 16.5 Å². The smallest absolute Gasteiger partial charge is 0.186 e. The summed E-state index contributed by atoms with van der Waals surface area (Å²) in [5.41, 5.74) is 11.7. The fraction of sp³-hybridized carbons (Fsp3) is 0.500. The first-order valence-electron chi connectivity index (χ1n) is 6.58. The molecule has 19 heavy (non-hydrogen) atoms. The predicted octanol–water partition coefficient (Wildman–Crippen LogP) is 1.79. The zero-order valence-corrected chi connectivity index (χ0v) is 11.3. The van der Waals surface area contributed by atoms with Crippen molar-refractivity contribution in [3.63, 3.8) is 0 Å². The van der Waals surface area contributed by atoms with Gasteiger partial charge in [-0.15, -0.1) is 0 Å². The van der Waals surface area contributed by atoms with E-state index in [1.165, 1.54) is 12.8 Å². The molecule has 0 heterocycles. The third-order valence-corrected chi connectivity index (χ3v) is 3.30. The van der Waals surface area contributed by atoms with Crippen molar-refractivity contribution in [1.29, 1.82) is 0 Å². The van der Waals surface area contributed by atoms with Gasteiger partial charge in [0.15, 0.2) is 17.5 Å². The summed E-state index contributed by atoms with van der Waals surface area (Å²) in [6.07, 6.45) is 4.92. The van der Waals surface area contributed by atoms with Crippen molar-refractivity contribution in [3.8, 4) is 11.5 Å². The van der Waals surface area contributed by atoms with Gasteiger partial charge in [0.1, 0.15) is 0 Å². The van der Waals surface area contributed by atoms with Crippen LogP contribution in [0, 0.1) is 0 Å². The van der Waals surface area contributed by atoms with E-state index in [1.807, 2.05) is 18.2 Å². The van der Waals surface area contributed by atoms with Crippen LogP contribution in [0.5, 0.6) is 11.5 Å². The minimum absolute atomic E-state index is 0.0784. The van der Waals surface area contributed by atoms with Crippen LogP contribution in [0.2, 0.25) is 0 Å². The molecule has 2 rings (SSSR count). The number of nitrogens with zero attached hydrogens (tertiary/aromatic N) is 1. The highest BCUT2D eigenvalue weighted by molar-refractivity contribution is 5.75. The van der Waals surface area contributed by atoms with Gasteiger partial charge in [0.25, 0.3) is 0 Å². The number of hydrogen-bond acceptors (Lipinski definition) is 3. The molecule has 0 aliphatic heterocycles. The Morgan fingerprint density at radius 2 is 2.05 bits per heavy atom. The number of para-hydroxylation sites is 1. The lowest BCUT2D eigenvalue weighted by Gasteiger charge is -2.18. The SMILES string of the molecule is COc1cccc(CN=C(N)N)c1OC1CCCC1. The fourth-order valence-corrected chi connectivity index (χ4v) is 2.33. The van der Waals surface area contributed by atoms with Gasteiger partial charge in [-0.2, -0.15) is 0 Å². The van der Waals surface area contributed by atoms with Gasteiger partial charge in [0, 0.05) is 5.56 Å². The van der Waals surface area contributed by atoms with Crippen LogP contribution in [0.3, 0.4) is 0 Å². The largest absolute Gasteiger partial charge is 0.493 e. The van der Waals surface area contributed by atoms with Gasteiger partial charge < -0.3 is 20.9 Å². The molecule has 0 unspecified atom stereocenters. The first-order valence-corrected chi connectivity index (χ1v) is 6.58. The monoisotopic (exact) mass is 263 g/mol. The van der Waals surface area contributed by atoms with Crippen LogP contribution in [0.25, 0.3) is 0 Å². The molecule has 0 spiro atoms. The van der Waals surface area contributed by atoms with E-state index in [0.29, 0.717) is 6.54 Å². The number of benzene rings is 1. The standard InChI is InChI=1S/C14H21N3O2/c1-18-12-8-4-5-10(9-17-14(15)16)13(12)19-11-6-2-3-7-11/h4-5,8,11H,2-3,6-7,9H2,1H3,(H4,15,16,17). The summed E-state index contributed by atoms with van der Waals surface area (Å²) in [7, 11) is 1.64. The first kappa shape index (κ1) is 13.5. The molecule has 1 fully saturated rings. The maximum absolute atomic E-state index is 6.08. The molecule has 1 aliphatic rings. The average Bonchev–Trinajstić information content (AvgIpc) is 2.90. The Labute approximate surface area is 113 Å². The maximum Gasteiger partial charge on any atom is 0.186 e. The molecule has 0 aromatic heterocycles. The lowest BCUT2D eigenvalue weighted by molar-refractivity contribution is 0.198. The van der Waals surface area contributed by atoms with E-state index in [-0.39, 0.29) is 12.1 Å². The lowest BCUT2D eigenvalue weighted by atomic mass is 10.1. The van der Waals surface area contributed by atoms with Crippen LogP contribution < -0.4 is 20.9 Å². The van der Waals surface area contributed by atoms with Gasteiger partial charge in [-0.25, -0.2) is 4.99 Å². The maximum atomic E-state index is 6.08. The zero-order valence-electron chi connectivity index (χ0n) is 11.3. The zero-order chi connectivity index (χ0) is 13.7. The van der Waals surface area contributed by atoms with Crippen LogP contribution in [0.15, 0.2) is 23.2 Å². The number of aliphatic imine (C=N–C) groups is 1. The van der Waals surface area contributed by atoms with Crippen molar-refractivity contribution >= 4 is 5.96 Å². The van der Waals surface area contributed by atoms with E-state index in [0.717, 1.165) is 29.9 Å². The summed E-state index contributed by atoms with van der Waals surface area (Å²) in [6, 6.07) is 5.76. The lowest BCUT2D eigenvalue weighted by Crippen LogP contribution is -2.22. The topological polar surface area (TPSA) is 82.9 Å². The molecule has 0 atom stereocenters. The summed E-state index contributed by atoms with van der Waals surface area (Å²) in [4.78, 5) is 4.04. The Morgan fingerprint density at radius 3 is 2.68 bits per heavy atom. The van der Waals surface area contributed by atoms with Crippen LogP contribution in [0.1, 0.15) is 31.2 Å². The Morgan fingerprint density at radius 1 is 1.32 bits per heavy atom. The Hall–Kier alpha value is -1.91. The Balaban J connectivity index is 2.22. The van der Waals surface area contributed by atoms with Gasteiger partial charge in [-0.05, 0) is 31.7 Å². The van der Waals surface area contributed by atoms with E-state index in [1.54, 1.807) is 7.11 Å². The summed E-state index contributed by atoms with van der Waals surface area (Å²) < 4.78 is 11.5. The predicted molar refractivity (Wildman–Crippen MR) is 75.4 cm³/mol. The summed E-state index contributed by atoms with van der Waals surface area (Å²) >= 11 is 0. The van der Waals surface area contributed by atoms with Gasteiger partial charge in [0.05, 0.1) is 19.8 Å². The highest BCUT2D eigenvalue weighted by atomic mass is 16.5. The third kappa shape index (κ3) is 3.53. The minimum atomic E-state index is 0.0784. The molecular formula is C14H21N3O2. The molecule has 0 radical (unpaired) electrons. The Bertz CT molecular complexity index is 450. The molecule has 104 valence electrons. The van der Waals surface area contributed by atoms with Crippen molar-refractivity contribution in [1.82, 2.24) is 0 Å². The normalized spacial score (nSPS) is 15.2. The second-order valence-electron chi connectivity index (χ2n) is 4.71. The highest BCUT2D eigenvalue weighted by Gasteiger charge is 2.20. The number of hydrogen-bond donors (Lipinski definition) is 2. The summed E-state index contributed by atoms with van der Waals surface area (Å²) in [5, 5.41) is 0. The van der Waals surface area contributed by atoms with E-state index in [9.17, 15) is 0 Å². The third-order valence-electron chi connectivity index (χ3n) is 3.30. The quantitative estimate of drug-likeness (QED) is 0.626. The average molecular weight is 263 g/mol. The molecule has 0 amide bonds. The molecule has 1 aromatic carbocycles. The number of guanidine groups is 1. The molecule has 5 heteroatoms. The summed E-state index contributed by atoms with van der Waals surface area (Å²) in [5.74, 6) is 1.58. The molecule has 1 aliphatic carbocycles. The molecule has 4 N–H and O–H groups in total. The van der Waals surface area contributed by atoms with Gasteiger partial charge in [0.2, 0.25) is 0 Å². The van der Waals surface area contributed by atoms with Crippen LogP contribution in [-0.2, 0) is 6.54 Å². The minimum Gasteiger partial charge on any atom is -0.493 e. The second kappa shape index (κ2) is 6.31. The fourth-order valence-electron chi connectivity index (χ4n) is 2.33. The van der Waals surface area contributed by atoms with Crippen LogP contribution in [0.4, 0.5) is 0 Å². The van der Waals surface area contributed by atoms with E-state index in [2.05, 4.69) is 4.99 Å². The molecular weight excluding hydrogens is 242 g/mol. The Kier molecular flexibility index (Phi) is 4.49. The molecule has 5 nitrogen and oxygen atoms in total. The molecule has 0 bridgehead atoms. The van der Waals surface area contributed by atoms with E-state index < -0.39 is 0 Å². The van der Waals surface area contributed by atoms with Crippen molar-refractivity contribution in [2.75, 3.05) is 7.11 Å². The van der Waals surface area contributed by atoms with Crippen LogP contribution >= 0.6 is 0 Å². The van der Waals surface area contributed by atoms with Crippen molar-refractivity contribution < 1.29 is 9.47 Å². The van der Waals surface area contributed by atoms with Crippen molar-refractivity contribution in [2.45, 2.75) is 38.3 Å². The van der Waals surface area contributed by atoms with Gasteiger partial charge in [-0.3, -0.25) is 0 Å².